The van der Waals surface area contributed by atoms with Crippen LogP contribution < -0.4 is 14.8 Å². The van der Waals surface area contributed by atoms with Crippen LogP contribution in [-0.4, -0.2) is 34.7 Å². The Morgan fingerprint density at radius 1 is 1.19 bits per heavy atom. The highest BCUT2D eigenvalue weighted by atomic mass is 19.4. The summed E-state index contributed by atoms with van der Waals surface area (Å²) < 4.78 is 51.9. The van der Waals surface area contributed by atoms with Gasteiger partial charge in [-0.2, -0.15) is 18.3 Å². The quantitative estimate of drug-likeness (QED) is 0.631. The zero-order valence-electron chi connectivity index (χ0n) is 17.2. The van der Waals surface area contributed by atoms with Crippen molar-refractivity contribution in [3.05, 3.63) is 53.0 Å². The van der Waals surface area contributed by atoms with Gasteiger partial charge in [-0.3, -0.25) is 4.79 Å². The second kappa shape index (κ2) is 7.75. The van der Waals surface area contributed by atoms with Crippen molar-refractivity contribution in [3.8, 4) is 11.5 Å². The number of rotatable bonds is 6. The first-order valence-corrected chi connectivity index (χ1v) is 9.72. The number of aromatic nitrogens is 3. The number of fused-ring (bicyclic) bond motifs is 1. The molecule has 0 radical (unpaired) electrons. The van der Waals surface area contributed by atoms with Gasteiger partial charge in [0, 0.05) is 23.2 Å². The van der Waals surface area contributed by atoms with E-state index in [1.54, 1.807) is 25.1 Å². The summed E-state index contributed by atoms with van der Waals surface area (Å²) in [6.07, 6.45) is -3.00. The fourth-order valence-corrected chi connectivity index (χ4v) is 3.42. The normalized spacial score (nSPS) is 15.0. The molecule has 7 nitrogen and oxygen atoms in total. The molecule has 1 aliphatic carbocycles. The SMILES string of the molecule is COc1ccc(OC)c(C(C)NC(=O)c2cc3nc(C4CC4)cc(C(F)(F)F)n3n2)c1. The molecule has 2 heterocycles. The topological polar surface area (TPSA) is 77.8 Å². The number of benzene rings is 1. The van der Waals surface area contributed by atoms with Crippen molar-refractivity contribution < 1.29 is 27.4 Å². The molecule has 0 spiro atoms. The standard InChI is InChI=1S/C21H21F3N4O3/c1-11(14-8-13(30-2)6-7-17(14)31-3)25-20(29)16-10-19-26-15(12-4-5-12)9-18(21(22,23)24)28(19)27-16/h6-12H,4-5H2,1-3H3,(H,25,29). The lowest BCUT2D eigenvalue weighted by Crippen LogP contribution is -2.27. The molecule has 1 saturated carbocycles. The molecule has 2 aromatic heterocycles. The summed E-state index contributed by atoms with van der Waals surface area (Å²) in [5.41, 5.74) is -0.0700. The van der Waals surface area contributed by atoms with E-state index < -0.39 is 23.8 Å². The molecule has 31 heavy (non-hydrogen) atoms. The third-order valence-electron chi connectivity index (χ3n) is 5.22. The minimum absolute atomic E-state index is 0.00603. The summed E-state index contributed by atoms with van der Waals surface area (Å²) in [4.78, 5) is 17.1. The maximum atomic E-state index is 13.6. The van der Waals surface area contributed by atoms with Gasteiger partial charge in [-0.05, 0) is 44.0 Å². The van der Waals surface area contributed by atoms with Crippen LogP contribution >= 0.6 is 0 Å². The third-order valence-corrected chi connectivity index (χ3v) is 5.22. The zero-order chi connectivity index (χ0) is 22.3. The summed E-state index contributed by atoms with van der Waals surface area (Å²) in [7, 11) is 3.02. The lowest BCUT2D eigenvalue weighted by molar-refractivity contribution is -0.142. The molecule has 1 atom stereocenters. The highest BCUT2D eigenvalue weighted by molar-refractivity contribution is 5.93. The molecule has 4 rings (SSSR count). The Bertz CT molecular complexity index is 1140. The molecule has 1 fully saturated rings. The van der Waals surface area contributed by atoms with Gasteiger partial charge in [0.05, 0.1) is 20.3 Å². The molecule has 3 aromatic rings. The average Bonchev–Trinajstić information content (AvgIpc) is 3.50. The van der Waals surface area contributed by atoms with Crippen molar-refractivity contribution in [1.29, 1.82) is 0 Å². The van der Waals surface area contributed by atoms with E-state index in [1.807, 2.05) is 0 Å². The Morgan fingerprint density at radius 2 is 1.94 bits per heavy atom. The highest BCUT2D eigenvalue weighted by Gasteiger charge is 2.37. The second-order valence-corrected chi connectivity index (χ2v) is 7.44. The van der Waals surface area contributed by atoms with Crippen LogP contribution in [0, 0.1) is 0 Å². The lowest BCUT2D eigenvalue weighted by atomic mass is 10.1. The largest absolute Gasteiger partial charge is 0.497 e. The molecule has 0 bridgehead atoms. The molecular weight excluding hydrogens is 413 g/mol. The lowest BCUT2D eigenvalue weighted by Gasteiger charge is -2.17. The van der Waals surface area contributed by atoms with Crippen molar-refractivity contribution in [2.75, 3.05) is 14.2 Å². The van der Waals surface area contributed by atoms with E-state index in [0.29, 0.717) is 27.3 Å². The van der Waals surface area contributed by atoms with E-state index in [2.05, 4.69) is 15.4 Å². The van der Waals surface area contributed by atoms with E-state index in [1.165, 1.54) is 20.3 Å². The smallest absolute Gasteiger partial charge is 0.433 e. The Labute approximate surface area is 176 Å². The van der Waals surface area contributed by atoms with Gasteiger partial charge in [0.2, 0.25) is 0 Å². The number of methoxy groups -OCH3 is 2. The molecule has 1 amide bonds. The van der Waals surface area contributed by atoms with Gasteiger partial charge in [-0.1, -0.05) is 0 Å². The number of halogens is 3. The monoisotopic (exact) mass is 434 g/mol. The number of hydrogen-bond acceptors (Lipinski definition) is 5. The van der Waals surface area contributed by atoms with Crippen molar-refractivity contribution in [3.63, 3.8) is 0 Å². The first kappa shape index (κ1) is 21.0. The minimum Gasteiger partial charge on any atom is -0.497 e. The number of nitrogens with zero attached hydrogens (tertiary/aromatic N) is 3. The van der Waals surface area contributed by atoms with E-state index in [9.17, 15) is 18.0 Å². The Hall–Kier alpha value is -3.30. The van der Waals surface area contributed by atoms with Crippen LogP contribution in [0.4, 0.5) is 13.2 Å². The number of carbonyl (C=O) groups is 1. The van der Waals surface area contributed by atoms with Crippen molar-refractivity contribution in [2.24, 2.45) is 0 Å². The minimum atomic E-state index is -4.62. The van der Waals surface area contributed by atoms with Gasteiger partial charge in [0.25, 0.3) is 5.91 Å². The fraction of sp³-hybridized carbons (Fsp3) is 0.381. The van der Waals surface area contributed by atoms with Gasteiger partial charge in [0.15, 0.2) is 11.3 Å². The molecule has 0 saturated heterocycles. The van der Waals surface area contributed by atoms with E-state index >= 15 is 0 Å². The van der Waals surface area contributed by atoms with Gasteiger partial charge < -0.3 is 14.8 Å². The van der Waals surface area contributed by atoms with Crippen LogP contribution in [0.3, 0.4) is 0 Å². The van der Waals surface area contributed by atoms with Crippen LogP contribution in [0.2, 0.25) is 0 Å². The summed E-state index contributed by atoms with van der Waals surface area (Å²) in [6, 6.07) is 6.93. The van der Waals surface area contributed by atoms with Crippen molar-refractivity contribution in [2.45, 2.75) is 37.9 Å². The zero-order valence-corrected chi connectivity index (χ0v) is 17.2. The van der Waals surface area contributed by atoms with Crippen LogP contribution in [0.15, 0.2) is 30.3 Å². The Balaban J connectivity index is 1.65. The van der Waals surface area contributed by atoms with Crippen LogP contribution in [-0.2, 0) is 6.18 Å². The Morgan fingerprint density at radius 3 is 2.55 bits per heavy atom. The van der Waals surface area contributed by atoms with Gasteiger partial charge in [-0.25, -0.2) is 9.50 Å². The molecule has 1 N–H and O–H groups in total. The second-order valence-electron chi connectivity index (χ2n) is 7.44. The van der Waals surface area contributed by atoms with E-state index in [0.717, 1.165) is 18.9 Å². The molecule has 0 aliphatic heterocycles. The van der Waals surface area contributed by atoms with E-state index in [4.69, 9.17) is 9.47 Å². The maximum absolute atomic E-state index is 13.6. The molecule has 1 unspecified atom stereocenters. The van der Waals surface area contributed by atoms with E-state index in [-0.39, 0.29) is 17.3 Å². The van der Waals surface area contributed by atoms with Crippen molar-refractivity contribution >= 4 is 11.6 Å². The summed E-state index contributed by atoms with van der Waals surface area (Å²) in [6.45, 7) is 1.73. The first-order chi connectivity index (χ1) is 14.7. The van der Waals surface area contributed by atoms with Gasteiger partial charge in [0.1, 0.15) is 17.2 Å². The fourth-order valence-electron chi connectivity index (χ4n) is 3.42. The van der Waals surface area contributed by atoms with Crippen LogP contribution in [0.5, 0.6) is 11.5 Å². The molecule has 164 valence electrons. The van der Waals surface area contributed by atoms with Crippen LogP contribution in [0.25, 0.3) is 5.65 Å². The Kier molecular flexibility index (Phi) is 5.24. The number of nitrogens with one attached hydrogen (secondary N) is 1. The molecule has 1 aliphatic rings. The first-order valence-electron chi connectivity index (χ1n) is 9.72. The van der Waals surface area contributed by atoms with Crippen LogP contribution in [0.1, 0.15) is 59.2 Å². The van der Waals surface area contributed by atoms with Gasteiger partial charge in [-0.15, -0.1) is 0 Å². The number of carbonyl (C=O) groups excluding carboxylic acids is 1. The predicted octanol–water partition coefficient (Wildman–Crippen LogP) is 4.13. The molecular formula is C21H21F3N4O3. The summed E-state index contributed by atoms with van der Waals surface area (Å²) in [5, 5.41) is 6.64. The van der Waals surface area contributed by atoms with Gasteiger partial charge >= 0.3 is 6.18 Å². The third kappa shape index (κ3) is 4.14. The predicted molar refractivity (Wildman–Crippen MR) is 105 cm³/mol. The van der Waals surface area contributed by atoms with Crippen molar-refractivity contribution in [1.82, 2.24) is 19.9 Å². The number of hydrogen-bond donors (Lipinski definition) is 1. The number of ether oxygens (including phenoxy) is 2. The maximum Gasteiger partial charge on any atom is 0.433 e. The average molecular weight is 434 g/mol. The number of amides is 1. The molecule has 10 heteroatoms. The highest BCUT2D eigenvalue weighted by Crippen LogP contribution is 2.41. The molecule has 1 aromatic carbocycles. The number of alkyl halides is 3. The summed E-state index contributed by atoms with van der Waals surface area (Å²) >= 11 is 0. The summed E-state index contributed by atoms with van der Waals surface area (Å²) in [5.74, 6) is 0.526.